The van der Waals surface area contributed by atoms with Crippen molar-refractivity contribution >= 4 is 39.1 Å². The van der Waals surface area contributed by atoms with Gasteiger partial charge in [0.05, 0.1) is 21.2 Å². The summed E-state index contributed by atoms with van der Waals surface area (Å²) in [7, 11) is -4.52. The van der Waals surface area contributed by atoms with Gasteiger partial charge in [-0.25, -0.2) is 8.42 Å². The molecule has 1 atom stereocenters. The lowest BCUT2D eigenvalue weighted by Gasteiger charge is -2.33. The van der Waals surface area contributed by atoms with E-state index in [0.717, 1.165) is 12.1 Å². The lowest BCUT2D eigenvalue weighted by molar-refractivity contribution is -0.140. The summed E-state index contributed by atoms with van der Waals surface area (Å²) in [5, 5.41) is 2.07. The number of rotatable bonds is 11. The molecule has 0 saturated heterocycles. The van der Waals surface area contributed by atoms with Gasteiger partial charge >= 0.3 is 6.18 Å². The van der Waals surface area contributed by atoms with E-state index >= 15 is 0 Å². The molecule has 7 nitrogen and oxygen atoms in total. The number of sulfonamides is 1. The smallest absolute Gasteiger partial charge is 0.355 e. The van der Waals surface area contributed by atoms with Gasteiger partial charge < -0.3 is 10.2 Å². The summed E-state index contributed by atoms with van der Waals surface area (Å²) in [6.07, 6.45) is -4.65. The zero-order valence-electron chi connectivity index (χ0n) is 21.9. The number of nitrogens with one attached hydrogen (secondary N) is 1. The topological polar surface area (TPSA) is 86.8 Å². The molecule has 0 aliphatic carbocycles. The summed E-state index contributed by atoms with van der Waals surface area (Å²) >= 11 is 5.78. The highest BCUT2D eigenvalue weighted by molar-refractivity contribution is 7.92. The molecule has 0 aromatic heterocycles. The van der Waals surface area contributed by atoms with E-state index in [9.17, 15) is 31.2 Å². The quantitative estimate of drug-likeness (QED) is 0.317. The molecule has 0 saturated carbocycles. The predicted molar refractivity (Wildman–Crippen MR) is 147 cm³/mol. The Kier molecular flexibility index (Phi) is 10.2. The molecule has 0 heterocycles. The molecular weight excluding hydrogens is 567 g/mol. The van der Waals surface area contributed by atoms with Gasteiger partial charge in [0.15, 0.2) is 0 Å². The first-order chi connectivity index (χ1) is 18.9. The van der Waals surface area contributed by atoms with Gasteiger partial charge in [-0.1, -0.05) is 67.1 Å². The normalized spacial score (nSPS) is 12.4. The average molecular weight is 596 g/mol. The summed E-state index contributed by atoms with van der Waals surface area (Å²) in [5.41, 5.74) is -0.969. The first-order valence-corrected chi connectivity index (χ1v) is 14.3. The van der Waals surface area contributed by atoms with E-state index in [4.69, 9.17) is 11.6 Å². The summed E-state index contributed by atoms with van der Waals surface area (Å²) in [4.78, 5) is 27.8. The van der Waals surface area contributed by atoms with Crippen molar-refractivity contribution in [3.05, 3.63) is 95.0 Å². The molecule has 0 bridgehead atoms. The maximum atomic E-state index is 13.9. The molecule has 40 heavy (non-hydrogen) atoms. The molecule has 3 aromatic carbocycles. The molecule has 1 N–H and O–H groups in total. The van der Waals surface area contributed by atoms with Crippen LogP contribution in [0.4, 0.5) is 18.9 Å². The van der Waals surface area contributed by atoms with E-state index in [2.05, 4.69) is 5.32 Å². The van der Waals surface area contributed by atoms with Crippen LogP contribution in [0.3, 0.4) is 0 Å². The number of hydrogen-bond donors (Lipinski definition) is 1. The van der Waals surface area contributed by atoms with Crippen LogP contribution in [0.2, 0.25) is 5.02 Å². The third-order valence-electron chi connectivity index (χ3n) is 6.09. The van der Waals surface area contributed by atoms with Crippen LogP contribution in [0.5, 0.6) is 0 Å². The minimum absolute atomic E-state index is 0.0248. The fraction of sp³-hybridized carbons (Fsp3) is 0.286. The van der Waals surface area contributed by atoms with Gasteiger partial charge in [0, 0.05) is 13.1 Å². The van der Waals surface area contributed by atoms with E-state index < -0.39 is 56.9 Å². The van der Waals surface area contributed by atoms with Gasteiger partial charge in [0.2, 0.25) is 11.8 Å². The second-order valence-electron chi connectivity index (χ2n) is 8.81. The zero-order valence-corrected chi connectivity index (χ0v) is 23.4. The van der Waals surface area contributed by atoms with Crippen LogP contribution in [-0.2, 0) is 32.3 Å². The molecule has 0 unspecified atom stereocenters. The maximum absolute atomic E-state index is 13.9. The molecule has 214 valence electrons. The van der Waals surface area contributed by atoms with Crippen LogP contribution in [-0.4, -0.2) is 44.3 Å². The number of carbonyl (C=O) groups is 2. The van der Waals surface area contributed by atoms with Gasteiger partial charge in [-0.05, 0) is 49.2 Å². The Morgan fingerprint density at radius 1 is 0.950 bits per heavy atom. The fourth-order valence-corrected chi connectivity index (χ4v) is 5.78. The van der Waals surface area contributed by atoms with Gasteiger partial charge in [-0.2, -0.15) is 13.2 Å². The summed E-state index contributed by atoms with van der Waals surface area (Å²) in [6, 6.07) is 17.5. The van der Waals surface area contributed by atoms with Crippen molar-refractivity contribution in [3.8, 4) is 0 Å². The molecular formula is C28H29ClF3N3O4S. The maximum Gasteiger partial charge on any atom is 0.417 e. The monoisotopic (exact) mass is 595 g/mol. The number of anilines is 1. The van der Waals surface area contributed by atoms with Crippen LogP contribution in [0.15, 0.2) is 83.8 Å². The van der Waals surface area contributed by atoms with Crippen LogP contribution >= 0.6 is 11.6 Å². The Labute approximate surface area is 236 Å². The third-order valence-corrected chi connectivity index (χ3v) is 8.20. The summed E-state index contributed by atoms with van der Waals surface area (Å²) in [6.45, 7) is 2.85. The molecule has 0 fully saturated rings. The van der Waals surface area contributed by atoms with Crippen LogP contribution in [0.25, 0.3) is 0 Å². The highest BCUT2D eigenvalue weighted by Crippen LogP contribution is 2.38. The lowest BCUT2D eigenvalue weighted by atomic mass is 10.1. The standard InChI is InChI=1S/C28H29ClF3N3O4S/c1-3-25(27(37)33-4-2)34(18-20-11-7-5-8-12-20)26(36)19-35(40(38,39)22-13-9-6-10-14-22)21-15-16-24(29)23(17-21)28(30,31)32/h5-17,25H,3-4,18-19H2,1-2H3,(H,33,37)/t25-/m1/s1. The minimum atomic E-state index is -4.87. The Morgan fingerprint density at radius 3 is 2.10 bits per heavy atom. The Balaban J connectivity index is 2.13. The fourth-order valence-electron chi connectivity index (χ4n) is 4.13. The molecule has 3 aromatic rings. The Morgan fingerprint density at radius 2 is 1.55 bits per heavy atom. The number of halogens is 4. The predicted octanol–water partition coefficient (Wildman–Crippen LogP) is 5.50. The molecule has 0 aliphatic rings. The van der Waals surface area contributed by atoms with Crippen molar-refractivity contribution in [1.29, 1.82) is 0 Å². The molecule has 0 spiro atoms. The molecule has 12 heteroatoms. The SMILES string of the molecule is CCNC(=O)[C@@H](CC)N(Cc1ccccc1)C(=O)CN(c1ccc(Cl)c(C(F)(F)F)c1)S(=O)(=O)c1ccccc1. The van der Waals surface area contributed by atoms with Crippen molar-refractivity contribution < 1.29 is 31.2 Å². The lowest BCUT2D eigenvalue weighted by Crippen LogP contribution is -2.52. The Bertz CT molecular complexity index is 1420. The molecule has 3 rings (SSSR count). The van der Waals surface area contributed by atoms with E-state index in [1.807, 2.05) is 0 Å². The average Bonchev–Trinajstić information content (AvgIpc) is 2.92. The largest absolute Gasteiger partial charge is 0.417 e. The van der Waals surface area contributed by atoms with E-state index in [-0.39, 0.29) is 17.9 Å². The van der Waals surface area contributed by atoms with Crippen molar-refractivity contribution in [3.63, 3.8) is 0 Å². The number of alkyl halides is 3. The number of carbonyl (C=O) groups excluding carboxylic acids is 2. The van der Waals surface area contributed by atoms with Crippen molar-refractivity contribution in [2.24, 2.45) is 0 Å². The highest BCUT2D eigenvalue weighted by Gasteiger charge is 2.37. The van der Waals surface area contributed by atoms with E-state index in [1.54, 1.807) is 50.2 Å². The molecule has 2 amide bonds. The van der Waals surface area contributed by atoms with Gasteiger partial charge in [0.25, 0.3) is 10.0 Å². The van der Waals surface area contributed by atoms with Gasteiger partial charge in [-0.3, -0.25) is 13.9 Å². The second kappa shape index (κ2) is 13.2. The number of benzene rings is 3. The van der Waals surface area contributed by atoms with Crippen molar-refractivity contribution in [2.45, 2.75) is 43.9 Å². The van der Waals surface area contributed by atoms with Gasteiger partial charge in [0.1, 0.15) is 12.6 Å². The zero-order chi connectivity index (χ0) is 29.5. The first kappa shape index (κ1) is 31.0. The molecule has 0 aliphatic heterocycles. The first-order valence-electron chi connectivity index (χ1n) is 12.5. The van der Waals surface area contributed by atoms with Crippen LogP contribution in [0.1, 0.15) is 31.4 Å². The van der Waals surface area contributed by atoms with Crippen molar-refractivity contribution in [1.82, 2.24) is 10.2 Å². The highest BCUT2D eigenvalue weighted by atomic mass is 35.5. The Hall–Kier alpha value is -3.57. The van der Waals surface area contributed by atoms with Crippen LogP contribution in [0, 0.1) is 0 Å². The number of likely N-dealkylation sites (N-methyl/N-ethyl adjacent to an activating group) is 1. The van der Waals surface area contributed by atoms with Crippen molar-refractivity contribution in [2.75, 3.05) is 17.4 Å². The number of nitrogens with zero attached hydrogens (tertiary/aromatic N) is 2. The van der Waals surface area contributed by atoms with E-state index in [0.29, 0.717) is 22.5 Å². The summed E-state index contributed by atoms with van der Waals surface area (Å²) < 4.78 is 69.1. The molecule has 0 radical (unpaired) electrons. The number of hydrogen-bond acceptors (Lipinski definition) is 4. The van der Waals surface area contributed by atoms with Gasteiger partial charge in [-0.15, -0.1) is 0 Å². The van der Waals surface area contributed by atoms with Crippen LogP contribution < -0.4 is 9.62 Å². The van der Waals surface area contributed by atoms with E-state index in [1.165, 1.54) is 29.2 Å². The minimum Gasteiger partial charge on any atom is -0.355 e. The number of amides is 2. The summed E-state index contributed by atoms with van der Waals surface area (Å²) in [5.74, 6) is -1.21. The second-order valence-corrected chi connectivity index (χ2v) is 11.1. The third kappa shape index (κ3) is 7.33.